The minimum absolute atomic E-state index is 0.0279. The molecule has 1 aliphatic heterocycles. The number of amides is 1. The van der Waals surface area contributed by atoms with Crippen molar-refractivity contribution in [3.63, 3.8) is 0 Å². The van der Waals surface area contributed by atoms with Crippen LogP contribution in [0.5, 0.6) is 5.75 Å². The molecule has 1 amide bonds. The summed E-state index contributed by atoms with van der Waals surface area (Å²) < 4.78 is 7.15. The van der Waals surface area contributed by atoms with Crippen molar-refractivity contribution in [1.82, 2.24) is 9.55 Å². The fraction of sp³-hybridized carbons (Fsp3) is 0.222. The van der Waals surface area contributed by atoms with E-state index in [1.807, 2.05) is 85.5 Å². The van der Waals surface area contributed by atoms with E-state index in [0.29, 0.717) is 34.6 Å². The monoisotopic (exact) mass is 439 g/mol. The topological polar surface area (TPSA) is 64.4 Å². The quantitative estimate of drug-likeness (QED) is 0.460. The number of anilines is 1. The van der Waals surface area contributed by atoms with Crippen molar-refractivity contribution in [3.05, 3.63) is 94.5 Å². The number of methoxy groups -OCH3 is 1. The number of nitrogens with zero attached hydrogens (tertiary/aromatic N) is 3. The molecule has 1 aromatic heterocycles. The number of aromatic nitrogens is 2. The van der Waals surface area contributed by atoms with Gasteiger partial charge in [-0.25, -0.2) is 4.98 Å². The predicted octanol–water partition coefficient (Wildman–Crippen LogP) is 4.48. The van der Waals surface area contributed by atoms with Gasteiger partial charge in [-0.3, -0.25) is 14.2 Å². The Morgan fingerprint density at radius 3 is 2.33 bits per heavy atom. The minimum atomic E-state index is -0.419. The molecule has 0 spiro atoms. The van der Waals surface area contributed by atoms with Crippen molar-refractivity contribution in [2.75, 3.05) is 12.0 Å². The molecule has 4 aromatic rings. The third-order valence-electron chi connectivity index (χ3n) is 6.18. The van der Waals surface area contributed by atoms with E-state index in [1.54, 1.807) is 17.7 Å². The van der Waals surface area contributed by atoms with Crippen LogP contribution in [0.15, 0.2) is 77.6 Å². The number of ether oxygens (including phenoxy) is 1. The molecule has 0 aliphatic carbocycles. The van der Waals surface area contributed by atoms with E-state index in [4.69, 9.17) is 9.72 Å². The number of para-hydroxylation sites is 4. The lowest BCUT2D eigenvalue weighted by molar-refractivity contribution is -0.119. The summed E-state index contributed by atoms with van der Waals surface area (Å²) >= 11 is 0. The first-order valence-electron chi connectivity index (χ1n) is 11.1. The zero-order valence-corrected chi connectivity index (χ0v) is 18.9. The van der Waals surface area contributed by atoms with Crippen LogP contribution in [-0.2, 0) is 11.2 Å². The molecular weight excluding hydrogens is 414 g/mol. The van der Waals surface area contributed by atoms with Crippen molar-refractivity contribution in [3.8, 4) is 11.4 Å². The molecule has 0 saturated carbocycles. The normalized spacial score (nSPS) is 15.3. The van der Waals surface area contributed by atoms with E-state index >= 15 is 0 Å². The Morgan fingerprint density at radius 2 is 1.58 bits per heavy atom. The van der Waals surface area contributed by atoms with E-state index in [-0.39, 0.29) is 17.5 Å². The van der Waals surface area contributed by atoms with Crippen LogP contribution in [0, 0.1) is 0 Å². The lowest BCUT2D eigenvalue weighted by atomic mass is 9.96. The van der Waals surface area contributed by atoms with Crippen molar-refractivity contribution in [1.29, 1.82) is 0 Å². The first-order valence-corrected chi connectivity index (χ1v) is 11.1. The summed E-state index contributed by atoms with van der Waals surface area (Å²) in [6, 6.07) is 22.6. The van der Waals surface area contributed by atoms with Crippen molar-refractivity contribution < 1.29 is 9.53 Å². The number of carbonyl (C=O) groups is 1. The second kappa shape index (κ2) is 8.20. The largest absolute Gasteiger partial charge is 0.495 e. The molecule has 0 fully saturated rings. The molecule has 6 heteroatoms. The van der Waals surface area contributed by atoms with Crippen LogP contribution >= 0.6 is 0 Å². The molecule has 2 heterocycles. The van der Waals surface area contributed by atoms with Gasteiger partial charge in [0.2, 0.25) is 5.91 Å². The lowest BCUT2D eigenvalue weighted by Gasteiger charge is -2.22. The summed E-state index contributed by atoms with van der Waals surface area (Å²) in [6.45, 7) is 4.02. The first kappa shape index (κ1) is 20.9. The SMILES string of the molecule is COc1ccccc1-n1c(C[C@H]2C(=O)N(C(C)C)c3ccccc32)nc2ccccc2c1=O. The molecule has 5 rings (SSSR count). The summed E-state index contributed by atoms with van der Waals surface area (Å²) in [5.41, 5.74) is 2.93. The van der Waals surface area contributed by atoms with Gasteiger partial charge < -0.3 is 9.64 Å². The molecule has 1 atom stereocenters. The molecule has 6 nitrogen and oxygen atoms in total. The molecule has 166 valence electrons. The summed E-state index contributed by atoms with van der Waals surface area (Å²) in [7, 11) is 1.58. The first-order chi connectivity index (χ1) is 16.0. The third-order valence-corrected chi connectivity index (χ3v) is 6.18. The van der Waals surface area contributed by atoms with E-state index in [9.17, 15) is 9.59 Å². The van der Waals surface area contributed by atoms with Gasteiger partial charge in [0.25, 0.3) is 5.56 Å². The molecule has 1 aliphatic rings. The van der Waals surface area contributed by atoms with E-state index in [0.717, 1.165) is 11.3 Å². The third kappa shape index (κ3) is 3.39. The maximum Gasteiger partial charge on any atom is 0.266 e. The number of hydrogen-bond acceptors (Lipinski definition) is 4. The maximum atomic E-state index is 13.7. The van der Waals surface area contributed by atoms with Crippen LogP contribution in [0.2, 0.25) is 0 Å². The highest BCUT2D eigenvalue weighted by molar-refractivity contribution is 6.05. The fourth-order valence-electron chi connectivity index (χ4n) is 4.71. The summed E-state index contributed by atoms with van der Waals surface area (Å²) in [5, 5.41) is 0.522. The Morgan fingerprint density at radius 1 is 0.909 bits per heavy atom. The maximum absolute atomic E-state index is 13.7. The average molecular weight is 440 g/mol. The highest BCUT2D eigenvalue weighted by atomic mass is 16.5. The van der Waals surface area contributed by atoms with Crippen LogP contribution in [0.1, 0.15) is 31.2 Å². The van der Waals surface area contributed by atoms with Crippen LogP contribution < -0.4 is 15.2 Å². The Balaban J connectivity index is 1.72. The van der Waals surface area contributed by atoms with Gasteiger partial charge in [0.15, 0.2) is 0 Å². The number of carbonyl (C=O) groups excluding carboxylic acids is 1. The van der Waals surface area contributed by atoms with Gasteiger partial charge in [0.05, 0.1) is 29.6 Å². The molecule has 0 unspecified atom stereocenters. The van der Waals surface area contributed by atoms with Crippen molar-refractivity contribution in [2.24, 2.45) is 0 Å². The molecule has 3 aromatic carbocycles. The molecule has 0 N–H and O–H groups in total. The van der Waals surface area contributed by atoms with Crippen molar-refractivity contribution in [2.45, 2.75) is 32.2 Å². The summed E-state index contributed by atoms with van der Waals surface area (Å²) in [6.07, 6.45) is 0.303. The van der Waals surface area contributed by atoms with Gasteiger partial charge in [0, 0.05) is 18.2 Å². The number of benzene rings is 3. The number of hydrogen-bond donors (Lipinski definition) is 0. The second-order valence-corrected chi connectivity index (χ2v) is 8.48. The standard InChI is InChI=1S/C27H25N3O3/c1-17(2)29-22-13-7-5-10-18(22)20(27(29)32)16-25-28-21-12-6-4-11-19(21)26(31)30(25)23-14-8-9-15-24(23)33-3/h4-15,17,20H,16H2,1-3H3/t20-/m1/s1. The molecule has 0 radical (unpaired) electrons. The van der Waals surface area contributed by atoms with Gasteiger partial charge >= 0.3 is 0 Å². The van der Waals surface area contributed by atoms with E-state index in [2.05, 4.69) is 0 Å². The lowest BCUT2D eigenvalue weighted by Crippen LogP contribution is -2.36. The van der Waals surface area contributed by atoms with Gasteiger partial charge in [-0.15, -0.1) is 0 Å². The smallest absolute Gasteiger partial charge is 0.266 e. The van der Waals surface area contributed by atoms with Gasteiger partial charge in [-0.05, 0) is 49.7 Å². The van der Waals surface area contributed by atoms with E-state index in [1.165, 1.54) is 0 Å². The second-order valence-electron chi connectivity index (χ2n) is 8.48. The van der Waals surface area contributed by atoms with Gasteiger partial charge in [0.1, 0.15) is 11.6 Å². The Hall–Kier alpha value is -3.93. The fourth-order valence-corrected chi connectivity index (χ4v) is 4.71. The highest BCUT2D eigenvalue weighted by Crippen LogP contribution is 2.40. The molecular formula is C27H25N3O3. The van der Waals surface area contributed by atoms with Crippen LogP contribution in [0.25, 0.3) is 16.6 Å². The Kier molecular flexibility index (Phi) is 5.21. The van der Waals surface area contributed by atoms with Crippen molar-refractivity contribution >= 4 is 22.5 Å². The van der Waals surface area contributed by atoms with Crippen LogP contribution in [0.3, 0.4) is 0 Å². The minimum Gasteiger partial charge on any atom is -0.495 e. The highest BCUT2D eigenvalue weighted by Gasteiger charge is 2.39. The average Bonchev–Trinajstić information content (AvgIpc) is 3.11. The Bertz CT molecular complexity index is 1420. The molecule has 33 heavy (non-hydrogen) atoms. The number of fused-ring (bicyclic) bond motifs is 2. The zero-order valence-electron chi connectivity index (χ0n) is 18.9. The van der Waals surface area contributed by atoms with Crippen LogP contribution in [0.4, 0.5) is 5.69 Å². The molecule has 0 bridgehead atoms. The summed E-state index contributed by atoms with van der Waals surface area (Å²) in [4.78, 5) is 33.9. The summed E-state index contributed by atoms with van der Waals surface area (Å²) in [5.74, 6) is 0.708. The number of rotatable bonds is 5. The predicted molar refractivity (Wildman–Crippen MR) is 129 cm³/mol. The van der Waals surface area contributed by atoms with E-state index < -0.39 is 5.92 Å². The molecule has 0 saturated heterocycles. The Labute approximate surface area is 192 Å². The van der Waals surface area contributed by atoms with Gasteiger partial charge in [-0.1, -0.05) is 42.5 Å². The van der Waals surface area contributed by atoms with Crippen LogP contribution in [-0.4, -0.2) is 28.6 Å². The van der Waals surface area contributed by atoms with Gasteiger partial charge in [-0.2, -0.15) is 0 Å². The zero-order chi connectivity index (χ0) is 23.1.